The number of anilines is 1. The van der Waals surface area contributed by atoms with Gasteiger partial charge in [-0.05, 0) is 74.0 Å². The summed E-state index contributed by atoms with van der Waals surface area (Å²) in [7, 11) is 1.34. The molecule has 10 heteroatoms. The predicted molar refractivity (Wildman–Crippen MR) is 155 cm³/mol. The average molecular weight is 563 g/mol. The first-order valence-electron chi connectivity index (χ1n) is 13.1. The molecule has 1 aliphatic heterocycles. The number of rotatable bonds is 6. The van der Waals surface area contributed by atoms with Crippen molar-refractivity contribution in [2.45, 2.75) is 26.5 Å². The Hall–Kier alpha value is -4.24. The van der Waals surface area contributed by atoms with E-state index in [-0.39, 0.29) is 24.4 Å². The molecule has 1 saturated heterocycles. The SMILES string of the molecule is COC(=O)c1cccc(Cn2c(=O)n(-c3ccc(N4CCN(C(=O)OC(C)C)CC4)cc3)c3cc(Cl)ccc32)c1. The van der Waals surface area contributed by atoms with Crippen LogP contribution in [-0.4, -0.2) is 65.5 Å². The van der Waals surface area contributed by atoms with E-state index in [9.17, 15) is 14.4 Å². The van der Waals surface area contributed by atoms with E-state index in [1.54, 1.807) is 44.4 Å². The molecule has 2 heterocycles. The van der Waals surface area contributed by atoms with E-state index in [1.165, 1.54) is 7.11 Å². The third kappa shape index (κ3) is 5.56. The van der Waals surface area contributed by atoms with Crippen molar-refractivity contribution in [3.63, 3.8) is 0 Å². The van der Waals surface area contributed by atoms with Crippen LogP contribution in [0.4, 0.5) is 10.5 Å². The van der Waals surface area contributed by atoms with Gasteiger partial charge in [-0.2, -0.15) is 0 Å². The third-order valence-corrected chi connectivity index (χ3v) is 7.16. The number of amides is 1. The highest BCUT2D eigenvalue weighted by molar-refractivity contribution is 6.31. The van der Waals surface area contributed by atoms with E-state index in [2.05, 4.69) is 4.90 Å². The highest BCUT2D eigenvalue weighted by Gasteiger charge is 2.23. The average Bonchev–Trinajstić information content (AvgIpc) is 3.22. The normalized spacial score (nSPS) is 13.6. The number of halogens is 1. The van der Waals surface area contributed by atoms with E-state index >= 15 is 0 Å². The Morgan fingerprint density at radius 2 is 1.60 bits per heavy atom. The van der Waals surface area contributed by atoms with Gasteiger partial charge in [-0.3, -0.25) is 9.13 Å². The number of piperazine rings is 1. The molecule has 3 aromatic carbocycles. The maximum atomic E-state index is 13.8. The van der Waals surface area contributed by atoms with Crippen LogP contribution in [0.1, 0.15) is 29.8 Å². The van der Waals surface area contributed by atoms with Crippen molar-refractivity contribution in [3.8, 4) is 5.69 Å². The minimum atomic E-state index is -0.430. The number of aromatic nitrogens is 2. The number of imidazole rings is 1. The molecule has 0 N–H and O–H groups in total. The maximum Gasteiger partial charge on any atom is 0.410 e. The predicted octanol–water partition coefficient (Wildman–Crippen LogP) is 4.95. The van der Waals surface area contributed by atoms with Gasteiger partial charge in [-0.15, -0.1) is 0 Å². The number of nitrogens with zero attached hydrogens (tertiary/aromatic N) is 4. The zero-order valence-electron chi connectivity index (χ0n) is 22.7. The summed E-state index contributed by atoms with van der Waals surface area (Å²) < 4.78 is 13.5. The molecule has 1 aliphatic rings. The van der Waals surface area contributed by atoms with Crippen molar-refractivity contribution in [1.82, 2.24) is 14.0 Å². The second-order valence-electron chi connectivity index (χ2n) is 9.95. The molecule has 40 heavy (non-hydrogen) atoms. The zero-order valence-corrected chi connectivity index (χ0v) is 23.4. The number of hydrogen-bond acceptors (Lipinski definition) is 6. The number of esters is 1. The van der Waals surface area contributed by atoms with Gasteiger partial charge in [0.15, 0.2) is 0 Å². The van der Waals surface area contributed by atoms with Gasteiger partial charge in [0, 0.05) is 36.9 Å². The molecular weight excluding hydrogens is 532 g/mol. The van der Waals surface area contributed by atoms with Gasteiger partial charge in [0.25, 0.3) is 0 Å². The van der Waals surface area contributed by atoms with E-state index in [0.717, 1.165) is 16.8 Å². The second-order valence-corrected chi connectivity index (χ2v) is 10.4. The van der Waals surface area contributed by atoms with Crippen LogP contribution in [0, 0.1) is 0 Å². The van der Waals surface area contributed by atoms with Gasteiger partial charge >= 0.3 is 17.8 Å². The van der Waals surface area contributed by atoms with E-state index in [0.29, 0.717) is 48.0 Å². The Balaban J connectivity index is 1.42. The fraction of sp³-hybridized carbons (Fsp3) is 0.300. The van der Waals surface area contributed by atoms with Gasteiger partial charge in [0.2, 0.25) is 0 Å². The summed E-state index contributed by atoms with van der Waals surface area (Å²) >= 11 is 6.34. The lowest BCUT2D eigenvalue weighted by Crippen LogP contribution is -2.49. The van der Waals surface area contributed by atoms with Gasteiger partial charge < -0.3 is 19.3 Å². The summed E-state index contributed by atoms with van der Waals surface area (Å²) in [6.45, 7) is 6.49. The molecule has 0 bridgehead atoms. The number of methoxy groups -OCH3 is 1. The highest BCUT2D eigenvalue weighted by atomic mass is 35.5. The summed E-state index contributed by atoms with van der Waals surface area (Å²) in [5.74, 6) is -0.430. The summed E-state index contributed by atoms with van der Waals surface area (Å²) in [4.78, 5) is 41.9. The van der Waals surface area contributed by atoms with Crippen molar-refractivity contribution in [1.29, 1.82) is 0 Å². The zero-order chi connectivity index (χ0) is 28.4. The summed E-state index contributed by atoms with van der Waals surface area (Å²) in [6.07, 6.45) is -0.427. The fourth-order valence-corrected chi connectivity index (χ4v) is 5.13. The van der Waals surface area contributed by atoms with Gasteiger partial charge in [0.1, 0.15) is 0 Å². The molecule has 0 saturated carbocycles. The monoisotopic (exact) mass is 562 g/mol. The Morgan fingerprint density at radius 3 is 2.27 bits per heavy atom. The molecule has 0 atom stereocenters. The smallest absolute Gasteiger partial charge is 0.410 e. The minimum Gasteiger partial charge on any atom is -0.465 e. The first kappa shape index (κ1) is 27.3. The molecular formula is C30H31ClN4O5. The molecule has 9 nitrogen and oxygen atoms in total. The number of ether oxygens (including phenoxy) is 2. The highest BCUT2D eigenvalue weighted by Crippen LogP contribution is 2.25. The first-order valence-corrected chi connectivity index (χ1v) is 13.5. The molecule has 208 valence electrons. The van der Waals surface area contributed by atoms with Crippen LogP contribution in [0.2, 0.25) is 5.02 Å². The van der Waals surface area contributed by atoms with Crippen molar-refractivity contribution < 1.29 is 19.1 Å². The quantitative estimate of drug-likeness (QED) is 0.309. The van der Waals surface area contributed by atoms with Gasteiger partial charge in [-0.1, -0.05) is 23.7 Å². The number of hydrogen-bond donors (Lipinski definition) is 0. The van der Waals surface area contributed by atoms with Crippen LogP contribution in [0.25, 0.3) is 16.7 Å². The van der Waals surface area contributed by atoms with E-state index < -0.39 is 5.97 Å². The Labute approximate surface area is 237 Å². The van der Waals surface area contributed by atoms with Crippen molar-refractivity contribution in [2.24, 2.45) is 0 Å². The Morgan fingerprint density at radius 1 is 0.900 bits per heavy atom. The molecule has 1 aromatic heterocycles. The number of carbonyl (C=O) groups is 2. The van der Waals surface area contributed by atoms with Gasteiger partial charge in [-0.25, -0.2) is 14.4 Å². The standard InChI is InChI=1S/C30H31ClN4O5/c1-20(2)40-30(38)33-15-13-32(14-16-33)24-8-10-25(11-9-24)35-27-18-23(31)7-12-26(27)34(29(35)37)19-21-5-4-6-22(17-21)28(36)39-3/h4-12,17-18,20H,13-16,19H2,1-3H3. The maximum absolute atomic E-state index is 13.8. The third-order valence-electron chi connectivity index (χ3n) is 6.93. The second kappa shape index (κ2) is 11.5. The number of benzene rings is 3. The molecule has 4 aromatic rings. The number of fused-ring (bicyclic) bond motifs is 1. The summed E-state index contributed by atoms with van der Waals surface area (Å²) in [5.41, 5.74) is 4.14. The summed E-state index contributed by atoms with van der Waals surface area (Å²) in [6, 6.07) is 20.2. The van der Waals surface area contributed by atoms with Crippen LogP contribution in [0.5, 0.6) is 0 Å². The largest absolute Gasteiger partial charge is 0.465 e. The Bertz CT molecular complexity index is 1600. The van der Waals surface area contributed by atoms with E-state index in [4.69, 9.17) is 21.1 Å². The van der Waals surface area contributed by atoms with Crippen molar-refractivity contribution in [3.05, 3.63) is 93.4 Å². The molecule has 0 spiro atoms. The van der Waals surface area contributed by atoms with Crippen LogP contribution >= 0.6 is 11.6 Å². The lowest BCUT2D eigenvalue weighted by Gasteiger charge is -2.35. The van der Waals surface area contributed by atoms with Crippen LogP contribution in [0.3, 0.4) is 0 Å². The lowest BCUT2D eigenvalue weighted by molar-refractivity contribution is 0.0600. The van der Waals surface area contributed by atoms with Crippen LogP contribution < -0.4 is 10.6 Å². The first-order chi connectivity index (χ1) is 19.2. The topological polar surface area (TPSA) is 86.0 Å². The van der Waals surface area contributed by atoms with Crippen LogP contribution in [-0.2, 0) is 16.0 Å². The molecule has 0 aliphatic carbocycles. The molecule has 5 rings (SSSR count). The van der Waals surface area contributed by atoms with Crippen molar-refractivity contribution >= 4 is 40.4 Å². The summed E-state index contributed by atoms with van der Waals surface area (Å²) in [5, 5.41) is 0.525. The molecule has 1 fully saturated rings. The molecule has 0 radical (unpaired) electrons. The number of carbonyl (C=O) groups excluding carboxylic acids is 2. The molecule has 1 amide bonds. The fourth-order valence-electron chi connectivity index (χ4n) is 4.97. The van der Waals surface area contributed by atoms with E-state index in [1.807, 2.05) is 50.2 Å². The molecule has 0 unspecified atom stereocenters. The van der Waals surface area contributed by atoms with Gasteiger partial charge in [0.05, 0.1) is 42.0 Å². The van der Waals surface area contributed by atoms with Crippen LogP contribution in [0.15, 0.2) is 71.5 Å². The lowest BCUT2D eigenvalue weighted by atomic mass is 10.1. The van der Waals surface area contributed by atoms with Crippen molar-refractivity contribution in [2.75, 3.05) is 38.2 Å². The Kier molecular flexibility index (Phi) is 7.84. The minimum absolute atomic E-state index is 0.146.